The Labute approximate surface area is 104 Å². The van der Waals surface area contributed by atoms with Crippen molar-refractivity contribution in [1.29, 1.82) is 5.26 Å². The van der Waals surface area contributed by atoms with E-state index in [9.17, 15) is 4.79 Å². The maximum absolute atomic E-state index is 11.9. The summed E-state index contributed by atoms with van der Waals surface area (Å²) in [4.78, 5) is 11.9. The van der Waals surface area contributed by atoms with Gasteiger partial charge in [0.15, 0.2) is 0 Å². The highest BCUT2D eigenvalue weighted by atomic mass is 16.1. The Bertz CT molecular complexity index is 583. The molecule has 0 aliphatic heterocycles. The van der Waals surface area contributed by atoms with Gasteiger partial charge in [0, 0.05) is 5.69 Å². The van der Waals surface area contributed by atoms with Crippen LogP contribution >= 0.6 is 0 Å². The van der Waals surface area contributed by atoms with E-state index in [2.05, 4.69) is 21.6 Å². The maximum Gasteiger partial charge on any atom is 0.256 e. The van der Waals surface area contributed by atoms with Gasteiger partial charge >= 0.3 is 0 Å². The first-order chi connectivity index (χ1) is 8.72. The molecule has 0 radical (unpaired) electrons. The molecule has 0 aliphatic carbocycles. The molecule has 5 nitrogen and oxygen atoms in total. The molecule has 1 amide bonds. The van der Waals surface area contributed by atoms with Gasteiger partial charge in [0.2, 0.25) is 0 Å². The number of hydrogen-bond acceptors (Lipinski definition) is 3. The predicted molar refractivity (Wildman–Crippen MR) is 65.6 cm³/mol. The molecule has 18 heavy (non-hydrogen) atoms. The Kier molecular flexibility index (Phi) is 3.39. The molecule has 0 saturated carbocycles. The van der Waals surface area contributed by atoms with Crippen LogP contribution in [0.2, 0.25) is 0 Å². The average Bonchev–Trinajstić information content (AvgIpc) is 2.83. The standard InChI is InChI=1S/C13H12N4O/c1-9-11(8-15-17-9)13(18)16-12(7-14)10-5-3-2-4-6-10/h2-6,8,12H,1H3,(H,15,17)(H,16,18). The minimum absolute atomic E-state index is 0.309. The number of benzene rings is 1. The van der Waals surface area contributed by atoms with Crippen LogP contribution in [0.15, 0.2) is 36.5 Å². The molecule has 90 valence electrons. The van der Waals surface area contributed by atoms with Crippen LogP contribution in [0, 0.1) is 18.3 Å². The topological polar surface area (TPSA) is 81.6 Å². The van der Waals surface area contributed by atoms with Gasteiger partial charge < -0.3 is 5.32 Å². The summed E-state index contributed by atoms with van der Waals surface area (Å²) in [7, 11) is 0. The zero-order valence-electron chi connectivity index (χ0n) is 9.84. The van der Waals surface area contributed by atoms with Crippen molar-refractivity contribution in [2.45, 2.75) is 13.0 Å². The lowest BCUT2D eigenvalue weighted by atomic mass is 10.1. The Morgan fingerprint density at radius 3 is 2.72 bits per heavy atom. The first-order valence-electron chi connectivity index (χ1n) is 5.47. The number of aromatic nitrogens is 2. The average molecular weight is 240 g/mol. The quantitative estimate of drug-likeness (QED) is 0.856. The Balaban J connectivity index is 2.16. The lowest BCUT2D eigenvalue weighted by molar-refractivity contribution is 0.0944. The van der Waals surface area contributed by atoms with Crippen LogP contribution in [0.3, 0.4) is 0 Å². The van der Waals surface area contributed by atoms with E-state index in [4.69, 9.17) is 5.26 Å². The molecular formula is C13H12N4O. The maximum atomic E-state index is 11.9. The van der Waals surface area contributed by atoms with Gasteiger partial charge in [-0.05, 0) is 12.5 Å². The molecule has 0 fully saturated rings. The highest BCUT2D eigenvalue weighted by Crippen LogP contribution is 2.12. The van der Waals surface area contributed by atoms with E-state index >= 15 is 0 Å². The molecule has 1 heterocycles. The van der Waals surface area contributed by atoms with Gasteiger partial charge in [-0.1, -0.05) is 30.3 Å². The van der Waals surface area contributed by atoms with E-state index in [0.29, 0.717) is 11.3 Å². The summed E-state index contributed by atoms with van der Waals surface area (Å²) >= 11 is 0. The molecule has 0 aliphatic rings. The first kappa shape index (κ1) is 11.9. The van der Waals surface area contributed by atoms with Crippen molar-refractivity contribution in [2.75, 3.05) is 0 Å². The number of carbonyl (C=O) groups is 1. The summed E-state index contributed by atoms with van der Waals surface area (Å²) in [5.41, 5.74) is 1.89. The number of nitriles is 1. The third-order valence-corrected chi connectivity index (χ3v) is 2.61. The van der Waals surface area contributed by atoms with E-state index in [1.165, 1.54) is 6.20 Å². The van der Waals surface area contributed by atoms with Crippen LogP contribution in [0.4, 0.5) is 0 Å². The fourth-order valence-electron chi connectivity index (χ4n) is 1.62. The van der Waals surface area contributed by atoms with E-state index < -0.39 is 6.04 Å². The number of amides is 1. The van der Waals surface area contributed by atoms with Crippen molar-refractivity contribution in [2.24, 2.45) is 0 Å². The van der Waals surface area contributed by atoms with Crippen molar-refractivity contribution in [3.63, 3.8) is 0 Å². The summed E-state index contributed by atoms with van der Waals surface area (Å²) in [6.07, 6.45) is 1.45. The molecule has 0 saturated heterocycles. The van der Waals surface area contributed by atoms with Crippen molar-refractivity contribution in [3.8, 4) is 6.07 Å². The number of aryl methyl sites for hydroxylation is 1. The highest BCUT2D eigenvalue weighted by molar-refractivity contribution is 5.95. The van der Waals surface area contributed by atoms with Crippen LogP contribution in [0.1, 0.15) is 27.7 Å². The Hall–Kier alpha value is -2.61. The zero-order chi connectivity index (χ0) is 13.0. The lowest BCUT2D eigenvalue weighted by Gasteiger charge is -2.11. The molecule has 5 heteroatoms. The SMILES string of the molecule is Cc1[nH]ncc1C(=O)NC(C#N)c1ccccc1. The van der Waals surface area contributed by atoms with Gasteiger partial charge in [0.1, 0.15) is 6.04 Å². The number of nitrogens with zero attached hydrogens (tertiary/aromatic N) is 2. The molecule has 1 aromatic heterocycles. The second kappa shape index (κ2) is 5.15. The fraction of sp³-hybridized carbons (Fsp3) is 0.154. The summed E-state index contributed by atoms with van der Waals surface area (Å²) in [6, 6.07) is 10.5. The third kappa shape index (κ3) is 2.38. The number of hydrogen-bond donors (Lipinski definition) is 2. The second-order valence-corrected chi connectivity index (χ2v) is 3.85. The summed E-state index contributed by atoms with van der Waals surface area (Å²) in [5.74, 6) is -0.309. The summed E-state index contributed by atoms with van der Waals surface area (Å²) < 4.78 is 0. The van der Waals surface area contributed by atoms with Gasteiger partial charge in [-0.15, -0.1) is 0 Å². The largest absolute Gasteiger partial charge is 0.332 e. The van der Waals surface area contributed by atoms with Gasteiger partial charge in [-0.2, -0.15) is 10.4 Å². The van der Waals surface area contributed by atoms with Crippen molar-refractivity contribution in [1.82, 2.24) is 15.5 Å². The zero-order valence-corrected chi connectivity index (χ0v) is 9.84. The van der Waals surface area contributed by atoms with Gasteiger partial charge in [-0.25, -0.2) is 0 Å². The predicted octanol–water partition coefficient (Wildman–Crippen LogP) is 1.71. The smallest absolute Gasteiger partial charge is 0.256 e. The van der Waals surface area contributed by atoms with Gasteiger partial charge in [0.05, 0.1) is 17.8 Å². The minimum atomic E-state index is -0.659. The summed E-state index contributed by atoms with van der Waals surface area (Å²) in [5, 5.41) is 18.2. The van der Waals surface area contributed by atoms with E-state index in [1.54, 1.807) is 19.1 Å². The van der Waals surface area contributed by atoms with Gasteiger partial charge in [0.25, 0.3) is 5.91 Å². The molecule has 1 aromatic carbocycles. The molecule has 1 atom stereocenters. The molecule has 2 rings (SSSR count). The van der Waals surface area contributed by atoms with Crippen molar-refractivity contribution < 1.29 is 4.79 Å². The molecule has 2 aromatic rings. The molecule has 0 spiro atoms. The Morgan fingerprint density at radius 1 is 1.44 bits per heavy atom. The first-order valence-corrected chi connectivity index (χ1v) is 5.47. The van der Waals surface area contributed by atoms with Crippen molar-refractivity contribution in [3.05, 3.63) is 53.3 Å². The number of nitrogens with one attached hydrogen (secondary N) is 2. The van der Waals surface area contributed by atoms with Crippen LogP contribution in [0.5, 0.6) is 0 Å². The van der Waals surface area contributed by atoms with E-state index in [0.717, 1.165) is 5.56 Å². The van der Waals surface area contributed by atoms with Gasteiger partial charge in [-0.3, -0.25) is 9.89 Å². The molecule has 2 N–H and O–H groups in total. The number of carbonyl (C=O) groups excluding carboxylic acids is 1. The minimum Gasteiger partial charge on any atom is -0.332 e. The van der Waals surface area contributed by atoms with Crippen LogP contribution in [-0.4, -0.2) is 16.1 Å². The highest BCUT2D eigenvalue weighted by Gasteiger charge is 2.17. The number of aromatic amines is 1. The Morgan fingerprint density at radius 2 is 2.17 bits per heavy atom. The molecule has 1 unspecified atom stereocenters. The summed E-state index contributed by atoms with van der Waals surface area (Å²) in [6.45, 7) is 1.76. The molecule has 0 bridgehead atoms. The van der Waals surface area contributed by atoms with Crippen LogP contribution in [0.25, 0.3) is 0 Å². The van der Waals surface area contributed by atoms with Crippen LogP contribution in [-0.2, 0) is 0 Å². The van der Waals surface area contributed by atoms with Crippen molar-refractivity contribution >= 4 is 5.91 Å². The normalized spacial score (nSPS) is 11.6. The van der Waals surface area contributed by atoms with E-state index in [1.807, 2.05) is 18.2 Å². The fourth-order valence-corrected chi connectivity index (χ4v) is 1.62. The van der Waals surface area contributed by atoms with Crippen LogP contribution < -0.4 is 5.32 Å². The lowest BCUT2D eigenvalue weighted by Crippen LogP contribution is -2.27. The second-order valence-electron chi connectivity index (χ2n) is 3.85. The molecular weight excluding hydrogens is 228 g/mol. The number of H-pyrrole nitrogens is 1. The number of rotatable bonds is 3. The van der Waals surface area contributed by atoms with E-state index in [-0.39, 0.29) is 5.91 Å². The third-order valence-electron chi connectivity index (χ3n) is 2.61. The monoisotopic (exact) mass is 240 g/mol.